The summed E-state index contributed by atoms with van der Waals surface area (Å²) in [5, 5.41) is 21.8. The van der Waals surface area contributed by atoms with Crippen LogP contribution in [0.25, 0.3) is 16.0 Å². The molecule has 0 saturated carbocycles. The molecule has 1 aromatic heterocycles. The van der Waals surface area contributed by atoms with Crippen LogP contribution in [-0.2, 0) is 9.59 Å². The van der Waals surface area contributed by atoms with Crippen LogP contribution in [0.1, 0.15) is 29.7 Å². The number of amides is 1. The van der Waals surface area contributed by atoms with Crippen LogP contribution in [0.5, 0.6) is 11.5 Å². The molecule has 1 aliphatic heterocycles. The van der Waals surface area contributed by atoms with Crippen molar-refractivity contribution in [1.82, 2.24) is 4.98 Å². The van der Waals surface area contributed by atoms with E-state index >= 15 is 0 Å². The second-order valence-electron chi connectivity index (χ2n) is 8.16. The molecule has 2 N–H and O–H groups in total. The minimum atomic E-state index is -0.961. The fourth-order valence-electron chi connectivity index (χ4n) is 4.19. The first-order valence-electron chi connectivity index (χ1n) is 11.1. The Labute approximate surface area is 205 Å². The summed E-state index contributed by atoms with van der Waals surface area (Å²) in [6, 6.07) is 18.1. The zero-order valence-electron chi connectivity index (χ0n) is 19.1. The number of hydrogen-bond acceptors (Lipinski definition) is 7. The molecule has 0 bridgehead atoms. The Bertz CT molecular complexity index is 1490. The molecule has 0 aliphatic carbocycles. The summed E-state index contributed by atoms with van der Waals surface area (Å²) in [4.78, 5) is 32.6. The lowest BCUT2D eigenvalue weighted by Crippen LogP contribution is -2.29. The maximum atomic E-state index is 13.4. The van der Waals surface area contributed by atoms with E-state index in [1.54, 1.807) is 49.4 Å². The SMILES string of the molecule is CCOc1cc(C2C(=C(O)c3ccccc3)C(=O)C(=O)N2c2nc3ccc(C)cc3s2)ccc1O. The third-order valence-corrected chi connectivity index (χ3v) is 6.85. The van der Waals surface area contributed by atoms with Crippen LogP contribution in [0.4, 0.5) is 5.13 Å². The number of fused-ring (bicyclic) bond motifs is 1. The van der Waals surface area contributed by atoms with Gasteiger partial charge >= 0.3 is 5.91 Å². The highest BCUT2D eigenvalue weighted by atomic mass is 32.1. The van der Waals surface area contributed by atoms with Crippen LogP contribution in [0.3, 0.4) is 0 Å². The van der Waals surface area contributed by atoms with Gasteiger partial charge in [-0.2, -0.15) is 0 Å². The molecule has 1 amide bonds. The number of aryl methyl sites for hydroxylation is 1. The average Bonchev–Trinajstić information content (AvgIpc) is 3.38. The van der Waals surface area contributed by atoms with Gasteiger partial charge in [-0.1, -0.05) is 53.8 Å². The van der Waals surface area contributed by atoms with Gasteiger partial charge in [0.15, 0.2) is 16.6 Å². The van der Waals surface area contributed by atoms with E-state index in [2.05, 4.69) is 4.98 Å². The van der Waals surface area contributed by atoms with Gasteiger partial charge in [-0.15, -0.1) is 0 Å². The summed E-state index contributed by atoms with van der Waals surface area (Å²) in [6.45, 7) is 4.08. The van der Waals surface area contributed by atoms with Gasteiger partial charge in [-0.05, 0) is 49.2 Å². The monoisotopic (exact) mass is 486 g/mol. The van der Waals surface area contributed by atoms with Crippen molar-refractivity contribution in [1.29, 1.82) is 0 Å². The van der Waals surface area contributed by atoms with Crippen molar-refractivity contribution in [3.63, 3.8) is 0 Å². The Morgan fingerprint density at radius 3 is 2.60 bits per heavy atom. The number of rotatable bonds is 5. The molecule has 5 rings (SSSR count). The number of phenols is 1. The van der Waals surface area contributed by atoms with Gasteiger partial charge in [-0.25, -0.2) is 4.98 Å². The highest BCUT2D eigenvalue weighted by Crippen LogP contribution is 2.45. The van der Waals surface area contributed by atoms with Crippen LogP contribution in [0.15, 0.2) is 72.3 Å². The van der Waals surface area contributed by atoms with Crippen molar-refractivity contribution in [2.75, 3.05) is 11.5 Å². The first-order chi connectivity index (χ1) is 16.9. The fraction of sp³-hybridized carbons (Fsp3) is 0.148. The number of aromatic hydroxyl groups is 1. The molecule has 0 radical (unpaired) electrons. The molecule has 0 spiro atoms. The largest absolute Gasteiger partial charge is 0.507 e. The summed E-state index contributed by atoms with van der Waals surface area (Å²) < 4.78 is 6.42. The molecule has 8 heteroatoms. The zero-order chi connectivity index (χ0) is 24.7. The Balaban J connectivity index is 1.74. The number of thiazole rings is 1. The summed E-state index contributed by atoms with van der Waals surface area (Å²) in [5.74, 6) is -1.71. The summed E-state index contributed by atoms with van der Waals surface area (Å²) in [6.07, 6.45) is 0. The maximum Gasteiger partial charge on any atom is 0.301 e. The molecular weight excluding hydrogens is 464 g/mol. The number of aromatic nitrogens is 1. The second-order valence-corrected chi connectivity index (χ2v) is 9.17. The molecule has 35 heavy (non-hydrogen) atoms. The number of ether oxygens (including phenoxy) is 1. The topological polar surface area (TPSA) is 100.0 Å². The molecule has 3 aromatic carbocycles. The van der Waals surface area contributed by atoms with E-state index in [1.165, 1.54) is 22.3 Å². The van der Waals surface area contributed by atoms with Crippen LogP contribution in [0.2, 0.25) is 0 Å². The van der Waals surface area contributed by atoms with Gasteiger partial charge in [0.25, 0.3) is 5.78 Å². The third kappa shape index (κ3) is 3.91. The molecule has 2 heterocycles. The molecule has 1 aliphatic rings. The van der Waals surface area contributed by atoms with Crippen molar-refractivity contribution in [3.05, 3.63) is 89.0 Å². The predicted octanol–water partition coefficient (Wildman–Crippen LogP) is 5.34. The van der Waals surface area contributed by atoms with Gasteiger partial charge in [0.1, 0.15) is 5.76 Å². The van der Waals surface area contributed by atoms with Gasteiger partial charge in [0.2, 0.25) is 0 Å². The molecule has 1 saturated heterocycles. The lowest BCUT2D eigenvalue weighted by atomic mass is 9.95. The quantitative estimate of drug-likeness (QED) is 0.225. The summed E-state index contributed by atoms with van der Waals surface area (Å²) in [5.41, 5.74) is 2.62. The van der Waals surface area contributed by atoms with Crippen LogP contribution in [0, 0.1) is 6.92 Å². The van der Waals surface area contributed by atoms with E-state index in [1.807, 2.05) is 25.1 Å². The number of ketones is 1. The van der Waals surface area contributed by atoms with Gasteiger partial charge < -0.3 is 14.9 Å². The molecular formula is C27H22N2O5S. The Morgan fingerprint density at radius 1 is 1.09 bits per heavy atom. The summed E-state index contributed by atoms with van der Waals surface area (Å²) >= 11 is 1.30. The van der Waals surface area contributed by atoms with Crippen molar-refractivity contribution in [2.24, 2.45) is 0 Å². The Hall–Kier alpha value is -4.17. The lowest BCUT2D eigenvalue weighted by molar-refractivity contribution is -0.132. The van der Waals surface area contributed by atoms with Crippen molar-refractivity contribution < 1.29 is 24.5 Å². The second kappa shape index (κ2) is 8.88. The smallest absolute Gasteiger partial charge is 0.301 e. The summed E-state index contributed by atoms with van der Waals surface area (Å²) in [7, 11) is 0. The van der Waals surface area contributed by atoms with Crippen LogP contribution < -0.4 is 9.64 Å². The lowest BCUT2D eigenvalue weighted by Gasteiger charge is -2.23. The highest BCUT2D eigenvalue weighted by Gasteiger charge is 2.48. The molecule has 4 aromatic rings. The van der Waals surface area contributed by atoms with E-state index in [0.29, 0.717) is 28.4 Å². The van der Waals surface area contributed by atoms with E-state index in [0.717, 1.165) is 10.3 Å². The fourth-order valence-corrected chi connectivity index (χ4v) is 5.28. The molecule has 1 unspecified atom stereocenters. The average molecular weight is 487 g/mol. The van der Waals surface area contributed by atoms with E-state index in [4.69, 9.17) is 4.74 Å². The maximum absolute atomic E-state index is 13.4. The Kier molecular flexibility index (Phi) is 5.74. The van der Waals surface area contributed by atoms with Crippen LogP contribution >= 0.6 is 11.3 Å². The van der Waals surface area contributed by atoms with Crippen LogP contribution in [-0.4, -0.2) is 33.5 Å². The minimum absolute atomic E-state index is 0.0511. The number of nitrogens with zero attached hydrogens (tertiary/aromatic N) is 2. The molecule has 7 nitrogen and oxygen atoms in total. The number of Topliss-reactive ketones (excluding diaryl/α,β-unsaturated/α-hetero) is 1. The molecule has 1 fully saturated rings. The zero-order valence-corrected chi connectivity index (χ0v) is 19.9. The normalized spacial score (nSPS) is 17.3. The number of carbonyl (C=O) groups is 2. The number of benzene rings is 3. The Morgan fingerprint density at radius 2 is 1.86 bits per heavy atom. The van der Waals surface area contributed by atoms with E-state index in [-0.39, 0.29) is 22.8 Å². The number of aliphatic hydroxyl groups is 1. The standard InChI is InChI=1S/C27H22N2O5S/c1-3-34-20-14-17(10-12-19(20)30)23-22(24(31)16-7-5-4-6-8-16)25(32)26(33)29(23)27-28-18-11-9-15(2)13-21(18)35-27/h4-14,23,30-31H,3H2,1-2H3. The van der Waals surface area contributed by atoms with E-state index < -0.39 is 17.7 Å². The van der Waals surface area contributed by atoms with E-state index in [9.17, 15) is 19.8 Å². The first-order valence-corrected chi connectivity index (χ1v) is 11.9. The van der Waals surface area contributed by atoms with Crippen molar-refractivity contribution in [3.8, 4) is 11.5 Å². The number of hydrogen-bond donors (Lipinski definition) is 2. The van der Waals surface area contributed by atoms with Gasteiger partial charge in [0.05, 0.1) is 28.4 Å². The van der Waals surface area contributed by atoms with Crippen molar-refractivity contribution >= 4 is 44.1 Å². The number of carbonyl (C=O) groups excluding carboxylic acids is 2. The molecule has 1 atom stereocenters. The number of aliphatic hydroxyl groups excluding tert-OH is 1. The number of phenolic OH excluding ortho intramolecular Hbond substituents is 1. The number of anilines is 1. The van der Waals surface area contributed by atoms with Gasteiger partial charge in [-0.3, -0.25) is 14.5 Å². The van der Waals surface area contributed by atoms with Crippen molar-refractivity contribution in [2.45, 2.75) is 19.9 Å². The highest BCUT2D eigenvalue weighted by molar-refractivity contribution is 7.22. The minimum Gasteiger partial charge on any atom is -0.507 e. The third-order valence-electron chi connectivity index (χ3n) is 5.83. The van der Waals surface area contributed by atoms with Gasteiger partial charge in [0, 0.05) is 5.56 Å². The molecule has 176 valence electrons. The first kappa shape index (κ1) is 22.6. The predicted molar refractivity (Wildman–Crippen MR) is 135 cm³/mol.